The molecule has 2 heterocycles. The van der Waals surface area contributed by atoms with Crippen LogP contribution in [-0.4, -0.2) is 29.2 Å². The summed E-state index contributed by atoms with van der Waals surface area (Å²) < 4.78 is 6.89. The summed E-state index contributed by atoms with van der Waals surface area (Å²) in [6, 6.07) is 5.60. The molecule has 24 heavy (non-hydrogen) atoms. The summed E-state index contributed by atoms with van der Waals surface area (Å²) in [6.07, 6.45) is 1.75. The van der Waals surface area contributed by atoms with E-state index in [2.05, 4.69) is 20.6 Å². The van der Waals surface area contributed by atoms with Gasteiger partial charge in [0.1, 0.15) is 5.15 Å². The minimum Gasteiger partial charge on any atom is -0.481 e. The smallest absolute Gasteiger partial charge is 0.212 e. The minimum atomic E-state index is 0.515. The molecule has 2 aromatic rings. The van der Waals surface area contributed by atoms with Crippen LogP contribution in [0.3, 0.4) is 0 Å². The van der Waals surface area contributed by atoms with Gasteiger partial charge in [0.15, 0.2) is 5.96 Å². The Bertz CT molecular complexity index is 697. The van der Waals surface area contributed by atoms with Crippen LogP contribution in [0.5, 0.6) is 5.88 Å². The maximum atomic E-state index is 6.08. The van der Waals surface area contributed by atoms with E-state index in [0.29, 0.717) is 35.1 Å². The summed E-state index contributed by atoms with van der Waals surface area (Å²) in [5.74, 6) is 1.30. The van der Waals surface area contributed by atoms with Gasteiger partial charge in [0, 0.05) is 31.5 Å². The zero-order valence-corrected chi connectivity index (χ0v) is 15.4. The standard InChI is InChI=1S/C16H21Cl2N5O/c1-4-19-16(21-9-11-5-6-14(24-3)20-8-11)22-10-12-7-13(17)15(18)23(12)2/h5-8H,4,9-10H2,1-3H3,(H2,19,21,22). The summed E-state index contributed by atoms with van der Waals surface area (Å²) in [7, 11) is 3.47. The van der Waals surface area contributed by atoms with Gasteiger partial charge >= 0.3 is 0 Å². The molecule has 2 rings (SSSR count). The van der Waals surface area contributed by atoms with Crippen molar-refractivity contribution >= 4 is 29.2 Å². The zero-order valence-electron chi connectivity index (χ0n) is 13.9. The van der Waals surface area contributed by atoms with E-state index in [-0.39, 0.29) is 0 Å². The molecule has 0 aliphatic heterocycles. The van der Waals surface area contributed by atoms with Crippen LogP contribution in [0.1, 0.15) is 18.2 Å². The summed E-state index contributed by atoms with van der Waals surface area (Å²) >= 11 is 12.1. The van der Waals surface area contributed by atoms with Gasteiger partial charge in [-0.1, -0.05) is 29.3 Å². The highest BCUT2D eigenvalue weighted by Crippen LogP contribution is 2.24. The molecule has 0 aromatic carbocycles. The number of ether oxygens (including phenoxy) is 1. The first-order valence-corrected chi connectivity index (χ1v) is 8.31. The van der Waals surface area contributed by atoms with E-state index in [1.165, 1.54) is 0 Å². The van der Waals surface area contributed by atoms with Crippen LogP contribution in [0.2, 0.25) is 10.2 Å². The Balaban J connectivity index is 2.00. The van der Waals surface area contributed by atoms with Crippen LogP contribution in [0.4, 0.5) is 0 Å². The third-order valence-corrected chi connectivity index (χ3v) is 4.27. The molecule has 0 amide bonds. The molecular weight excluding hydrogens is 349 g/mol. The van der Waals surface area contributed by atoms with E-state index < -0.39 is 0 Å². The molecule has 0 saturated heterocycles. The second kappa shape index (κ2) is 8.80. The number of methoxy groups -OCH3 is 1. The second-order valence-electron chi connectivity index (χ2n) is 5.09. The summed E-state index contributed by atoms with van der Waals surface area (Å²) in [6.45, 7) is 3.86. The quantitative estimate of drug-likeness (QED) is 0.606. The lowest BCUT2D eigenvalue weighted by Gasteiger charge is -2.12. The lowest BCUT2D eigenvalue weighted by Crippen LogP contribution is -2.37. The minimum absolute atomic E-state index is 0.515. The van der Waals surface area contributed by atoms with E-state index in [9.17, 15) is 0 Å². The predicted octanol–water partition coefficient (Wildman–Crippen LogP) is 2.99. The SMILES string of the molecule is CCNC(=NCc1ccc(OC)nc1)NCc1cc(Cl)c(Cl)n1C. The van der Waals surface area contributed by atoms with Crippen LogP contribution < -0.4 is 15.4 Å². The Labute approximate surface area is 151 Å². The molecule has 0 aliphatic carbocycles. The van der Waals surface area contributed by atoms with Crippen molar-refractivity contribution in [2.75, 3.05) is 13.7 Å². The average Bonchev–Trinajstić information content (AvgIpc) is 2.85. The highest BCUT2D eigenvalue weighted by atomic mass is 35.5. The lowest BCUT2D eigenvalue weighted by molar-refractivity contribution is 0.397. The average molecular weight is 370 g/mol. The summed E-state index contributed by atoms with van der Waals surface area (Å²) in [5, 5.41) is 7.54. The fourth-order valence-electron chi connectivity index (χ4n) is 2.07. The number of rotatable bonds is 6. The molecule has 0 atom stereocenters. The number of guanidine groups is 1. The number of aliphatic imine (C=N–C) groups is 1. The molecule has 0 bridgehead atoms. The van der Waals surface area contributed by atoms with Crippen molar-refractivity contribution in [1.29, 1.82) is 0 Å². The molecule has 0 unspecified atom stereocenters. The Hall–Kier alpha value is -1.92. The van der Waals surface area contributed by atoms with Gasteiger partial charge in [0.05, 0.1) is 25.2 Å². The van der Waals surface area contributed by atoms with Crippen LogP contribution in [0, 0.1) is 0 Å². The van der Waals surface area contributed by atoms with E-state index in [1.54, 1.807) is 13.3 Å². The van der Waals surface area contributed by atoms with E-state index >= 15 is 0 Å². The summed E-state index contributed by atoms with van der Waals surface area (Å²) in [4.78, 5) is 8.73. The molecule has 2 aromatic heterocycles. The van der Waals surface area contributed by atoms with Crippen LogP contribution in [-0.2, 0) is 20.1 Å². The van der Waals surface area contributed by atoms with Crippen LogP contribution in [0.15, 0.2) is 29.4 Å². The first-order valence-electron chi connectivity index (χ1n) is 7.55. The monoisotopic (exact) mass is 369 g/mol. The van der Waals surface area contributed by atoms with Crippen molar-refractivity contribution in [3.8, 4) is 5.88 Å². The van der Waals surface area contributed by atoms with E-state index in [4.69, 9.17) is 27.9 Å². The Morgan fingerprint density at radius 3 is 2.67 bits per heavy atom. The summed E-state index contributed by atoms with van der Waals surface area (Å²) in [5.41, 5.74) is 1.97. The molecule has 0 fully saturated rings. The highest BCUT2D eigenvalue weighted by molar-refractivity contribution is 6.41. The van der Waals surface area contributed by atoms with Gasteiger partial charge in [-0.15, -0.1) is 0 Å². The number of hydrogen-bond donors (Lipinski definition) is 2. The molecule has 0 radical (unpaired) electrons. The van der Waals surface area contributed by atoms with Gasteiger partial charge in [-0.3, -0.25) is 0 Å². The molecule has 0 spiro atoms. The number of hydrogen-bond acceptors (Lipinski definition) is 3. The van der Waals surface area contributed by atoms with Crippen LogP contribution >= 0.6 is 23.2 Å². The van der Waals surface area contributed by atoms with Gasteiger partial charge < -0.3 is 19.9 Å². The van der Waals surface area contributed by atoms with Crippen molar-refractivity contribution in [2.24, 2.45) is 12.0 Å². The largest absolute Gasteiger partial charge is 0.481 e. The second-order valence-corrected chi connectivity index (χ2v) is 5.86. The molecule has 130 valence electrons. The molecule has 0 saturated carbocycles. The predicted molar refractivity (Wildman–Crippen MR) is 97.9 cm³/mol. The number of nitrogens with zero attached hydrogens (tertiary/aromatic N) is 3. The highest BCUT2D eigenvalue weighted by Gasteiger charge is 2.09. The lowest BCUT2D eigenvalue weighted by atomic mass is 10.3. The first-order chi connectivity index (χ1) is 11.5. The number of halogens is 2. The third kappa shape index (κ3) is 4.79. The van der Waals surface area contributed by atoms with E-state index in [1.807, 2.05) is 36.7 Å². The fraction of sp³-hybridized carbons (Fsp3) is 0.375. The Morgan fingerprint density at radius 2 is 2.12 bits per heavy atom. The van der Waals surface area contributed by atoms with E-state index in [0.717, 1.165) is 17.8 Å². The topological polar surface area (TPSA) is 63.5 Å². The molecule has 0 aliphatic rings. The third-order valence-electron chi connectivity index (χ3n) is 3.42. The molecule has 6 nitrogen and oxygen atoms in total. The molecular formula is C16H21Cl2N5O. The number of pyridine rings is 1. The number of aromatic nitrogens is 2. The van der Waals surface area contributed by atoms with Crippen molar-refractivity contribution in [3.63, 3.8) is 0 Å². The zero-order chi connectivity index (χ0) is 17.5. The normalized spacial score (nSPS) is 11.5. The fourth-order valence-corrected chi connectivity index (χ4v) is 2.49. The van der Waals surface area contributed by atoms with Gasteiger partial charge in [-0.25, -0.2) is 9.98 Å². The van der Waals surface area contributed by atoms with Crippen molar-refractivity contribution in [2.45, 2.75) is 20.0 Å². The maximum Gasteiger partial charge on any atom is 0.212 e. The van der Waals surface area contributed by atoms with Crippen molar-refractivity contribution < 1.29 is 4.74 Å². The maximum absolute atomic E-state index is 6.08. The van der Waals surface area contributed by atoms with Crippen molar-refractivity contribution in [3.05, 3.63) is 45.8 Å². The van der Waals surface area contributed by atoms with Gasteiger partial charge in [-0.05, 0) is 18.6 Å². The Kier molecular flexibility index (Phi) is 6.75. The van der Waals surface area contributed by atoms with Crippen LogP contribution in [0.25, 0.3) is 0 Å². The molecule has 2 N–H and O–H groups in total. The van der Waals surface area contributed by atoms with Gasteiger partial charge in [-0.2, -0.15) is 0 Å². The Morgan fingerprint density at radius 1 is 1.33 bits per heavy atom. The van der Waals surface area contributed by atoms with Gasteiger partial charge in [0.25, 0.3) is 0 Å². The van der Waals surface area contributed by atoms with Crippen molar-refractivity contribution in [1.82, 2.24) is 20.2 Å². The van der Waals surface area contributed by atoms with Gasteiger partial charge in [0.2, 0.25) is 5.88 Å². The first kappa shape index (κ1) is 18.4. The number of nitrogens with one attached hydrogen (secondary N) is 2. The molecule has 8 heteroatoms.